The molecule has 2 rings (SSSR count). The Labute approximate surface area is 171 Å². The van der Waals surface area contributed by atoms with E-state index in [1.54, 1.807) is 11.8 Å². The number of thioether (sulfide) groups is 1. The SMILES string of the molecule is O=P(O)(O)C(F)(F)c1ccc(CSC/C=C/c2ccc(Br)cc2)cc1Br. The van der Waals surface area contributed by atoms with Crippen LogP contribution in [0.25, 0.3) is 6.08 Å². The van der Waals surface area contributed by atoms with E-state index in [2.05, 4.69) is 31.9 Å². The normalized spacial score (nSPS) is 12.7. The van der Waals surface area contributed by atoms with E-state index in [0.29, 0.717) is 5.75 Å². The molecular weight excluding hydrogens is 513 g/mol. The summed E-state index contributed by atoms with van der Waals surface area (Å²) in [5.74, 6) is 1.33. The number of hydrogen-bond donors (Lipinski definition) is 2. The van der Waals surface area contributed by atoms with E-state index in [1.165, 1.54) is 12.1 Å². The van der Waals surface area contributed by atoms with Crippen LogP contribution in [0.3, 0.4) is 0 Å². The second-order valence-corrected chi connectivity index (χ2v) is 9.82. The molecule has 0 saturated heterocycles. The highest BCUT2D eigenvalue weighted by Gasteiger charge is 2.51. The van der Waals surface area contributed by atoms with Crippen molar-refractivity contribution in [3.63, 3.8) is 0 Å². The number of hydrogen-bond acceptors (Lipinski definition) is 2. The molecule has 0 aliphatic rings. The Morgan fingerprint density at radius 2 is 1.77 bits per heavy atom. The van der Waals surface area contributed by atoms with E-state index >= 15 is 0 Å². The number of benzene rings is 2. The fourth-order valence-electron chi connectivity index (χ4n) is 2.05. The lowest BCUT2D eigenvalue weighted by Gasteiger charge is -2.19. The number of rotatable bonds is 7. The first-order valence-electron chi connectivity index (χ1n) is 7.33. The molecule has 2 N–H and O–H groups in total. The van der Waals surface area contributed by atoms with Crippen LogP contribution < -0.4 is 0 Å². The van der Waals surface area contributed by atoms with Gasteiger partial charge in [0.25, 0.3) is 0 Å². The van der Waals surface area contributed by atoms with Crippen molar-refractivity contribution in [3.05, 3.63) is 74.2 Å². The van der Waals surface area contributed by atoms with Gasteiger partial charge in [-0.3, -0.25) is 4.57 Å². The van der Waals surface area contributed by atoms with Gasteiger partial charge in [0.2, 0.25) is 0 Å². The Balaban J connectivity index is 1.94. The van der Waals surface area contributed by atoms with Crippen molar-refractivity contribution >= 4 is 57.3 Å². The minimum atomic E-state index is -5.58. The highest BCUT2D eigenvalue weighted by atomic mass is 79.9. The standard InChI is InChI=1S/C17H15Br2F2O3PS/c18-14-6-3-12(4-7-14)2-1-9-26-11-13-5-8-15(16(19)10-13)17(20,21)25(22,23)24/h1-8,10H,9,11H2,(H2,22,23,24)/b2-1+. The molecule has 0 unspecified atom stereocenters. The summed E-state index contributed by atoms with van der Waals surface area (Å²) >= 11 is 7.96. The summed E-state index contributed by atoms with van der Waals surface area (Å²) in [4.78, 5) is 17.7. The van der Waals surface area contributed by atoms with Gasteiger partial charge in [-0.2, -0.15) is 20.5 Å². The molecule has 26 heavy (non-hydrogen) atoms. The molecule has 0 atom stereocenters. The Hall–Kier alpha value is -0.500. The van der Waals surface area contributed by atoms with Crippen LogP contribution in [0.1, 0.15) is 16.7 Å². The van der Waals surface area contributed by atoms with Crippen molar-refractivity contribution in [1.29, 1.82) is 0 Å². The van der Waals surface area contributed by atoms with Gasteiger partial charge in [0.1, 0.15) is 0 Å². The zero-order valence-electron chi connectivity index (χ0n) is 13.3. The third kappa shape index (κ3) is 5.75. The largest absolute Gasteiger partial charge is 0.399 e. The fourth-order valence-corrected chi connectivity index (χ4v) is 4.42. The third-order valence-electron chi connectivity index (χ3n) is 3.39. The monoisotopic (exact) mass is 526 g/mol. The molecule has 0 aliphatic carbocycles. The van der Waals surface area contributed by atoms with Gasteiger partial charge in [-0.25, -0.2) is 0 Å². The van der Waals surface area contributed by atoms with Crippen LogP contribution in [0.2, 0.25) is 0 Å². The summed E-state index contributed by atoms with van der Waals surface area (Å²) in [6, 6.07) is 11.9. The fraction of sp³-hybridized carbons (Fsp3) is 0.176. The molecule has 140 valence electrons. The van der Waals surface area contributed by atoms with E-state index in [9.17, 15) is 13.3 Å². The summed E-state index contributed by atoms with van der Waals surface area (Å²) in [6.07, 6.45) is 4.01. The molecule has 0 saturated carbocycles. The molecule has 0 aliphatic heterocycles. The van der Waals surface area contributed by atoms with Gasteiger partial charge in [0, 0.05) is 26.0 Å². The van der Waals surface area contributed by atoms with Crippen LogP contribution in [0.15, 0.2) is 57.5 Å². The van der Waals surface area contributed by atoms with Crippen molar-refractivity contribution < 1.29 is 23.1 Å². The lowest BCUT2D eigenvalue weighted by atomic mass is 10.1. The number of alkyl halides is 2. The molecule has 2 aromatic rings. The average Bonchev–Trinajstić information content (AvgIpc) is 2.55. The maximum atomic E-state index is 13.8. The lowest BCUT2D eigenvalue weighted by Crippen LogP contribution is -2.14. The van der Waals surface area contributed by atoms with Gasteiger partial charge in [0.05, 0.1) is 0 Å². The summed E-state index contributed by atoms with van der Waals surface area (Å²) < 4.78 is 39.5. The predicted molar refractivity (Wildman–Crippen MR) is 109 cm³/mol. The highest BCUT2D eigenvalue weighted by molar-refractivity contribution is 9.10. The summed E-state index contributed by atoms with van der Waals surface area (Å²) in [6.45, 7) is 0. The van der Waals surface area contributed by atoms with Gasteiger partial charge >= 0.3 is 13.3 Å². The van der Waals surface area contributed by atoms with Gasteiger partial charge in [0.15, 0.2) is 0 Å². The first kappa shape index (κ1) is 21.8. The maximum absolute atomic E-state index is 13.8. The summed E-state index contributed by atoms with van der Waals surface area (Å²) in [5.41, 5.74) is -3.07. The number of halogens is 4. The maximum Gasteiger partial charge on any atom is 0.399 e. The first-order valence-corrected chi connectivity index (χ1v) is 11.7. The van der Waals surface area contributed by atoms with Crippen LogP contribution in [-0.2, 0) is 16.0 Å². The Kier molecular flexibility index (Phi) is 7.65. The molecule has 0 amide bonds. The smallest absolute Gasteiger partial charge is 0.320 e. The van der Waals surface area contributed by atoms with Crippen LogP contribution in [0, 0.1) is 0 Å². The van der Waals surface area contributed by atoms with E-state index in [0.717, 1.165) is 27.4 Å². The van der Waals surface area contributed by atoms with E-state index in [4.69, 9.17) is 9.79 Å². The first-order chi connectivity index (χ1) is 12.1. The molecule has 3 nitrogen and oxygen atoms in total. The van der Waals surface area contributed by atoms with Crippen molar-refractivity contribution in [2.75, 3.05) is 5.75 Å². The minimum absolute atomic E-state index is 0.0191. The van der Waals surface area contributed by atoms with Crippen molar-refractivity contribution in [2.45, 2.75) is 11.4 Å². The van der Waals surface area contributed by atoms with Crippen LogP contribution in [-0.4, -0.2) is 15.5 Å². The topological polar surface area (TPSA) is 57.5 Å². The molecule has 0 spiro atoms. The molecule has 9 heteroatoms. The third-order valence-corrected chi connectivity index (χ3v) is 6.51. The van der Waals surface area contributed by atoms with Gasteiger partial charge in [-0.15, -0.1) is 0 Å². The van der Waals surface area contributed by atoms with Gasteiger partial charge in [-0.1, -0.05) is 68.3 Å². The van der Waals surface area contributed by atoms with E-state index < -0.39 is 18.8 Å². The lowest BCUT2D eigenvalue weighted by molar-refractivity contribution is 0.0557. The summed E-state index contributed by atoms with van der Waals surface area (Å²) in [7, 11) is -5.58. The molecule has 2 aromatic carbocycles. The van der Waals surface area contributed by atoms with Crippen LogP contribution >= 0.6 is 51.2 Å². The van der Waals surface area contributed by atoms with Crippen LogP contribution in [0.5, 0.6) is 0 Å². The van der Waals surface area contributed by atoms with E-state index in [-0.39, 0.29) is 4.47 Å². The van der Waals surface area contributed by atoms with Gasteiger partial charge in [-0.05, 0) is 29.3 Å². The van der Waals surface area contributed by atoms with Crippen molar-refractivity contribution in [2.24, 2.45) is 0 Å². The predicted octanol–water partition coefficient (Wildman–Crippen LogP) is 6.39. The molecule has 0 aromatic heterocycles. The minimum Gasteiger partial charge on any atom is -0.320 e. The van der Waals surface area contributed by atoms with Crippen molar-refractivity contribution in [3.8, 4) is 0 Å². The zero-order chi connectivity index (χ0) is 19.4. The molecule has 0 heterocycles. The van der Waals surface area contributed by atoms with Crippen molar-refractivity contribution in [1.82, 2.24) is 0 Å². The molecule has 0 fully saturated rings. The molecule has 0 bridgehead atoms. The Bertz CT molecular complexity index is 838. The molecule has 0 radical (unpaired) electrons. The van der Waals surface area contributed by atoms with E-state index in [1.807, 2.05) is 36.4 Å². The quantitative estimate of drug-likeness (QED) is 0.324. The second-order valence-electron chi connectivity index (χ2n) is 5.37. The molecular formula is C17H15Br2F2O3PS. The van der Waals surface area contributed by atoms with Crippen LogP contribution in [0.4, 0.5) is 8.78 Å². The van der Waals surface area contributed by atoms with Gasteiger partial charge < -0.3 is 9.79 Å². The Morgan fingerprint density at radius 1 is 1.12 bits per heavy atom. The zero-order valence-corrected chi connectivity index (χ0v) is 18.2. The highest BCUT2D eigenvalue weighted by Crippen LogP contribution is 2.60. The second kappa shape index (κ2) is 9.13. The Morgan fingerprint density at radius 3 is 2.35 bits per heavy atom. The average molecular weight is 528 g/mol. The summed E-state index contributed by atoms with van der Waals surface area (Å²) in [5, 5.41) is 0.